The van der Waals surface area contributed by atoms with Gasteiger partial charge in [-0.2, -0.15) is 11.8 Å². The van der Waals surface area contributed by atoms with Crippen molar-refractivity contribution < 1.29 is 9.53 Å². The first-order valence-corrected chi connectivity index (χ1v) is 8.73. The van der Waals surface area contributed by atoms with E-state index >= 15 is 0 Å². The summed E-state index contributed by atoms with van der Waals surface area (Å²) >= 11 is 1.72. The van der Waals surface area contributed by atoms with Crippen molar-refractivity contribution in [3.8, 4) is 5.75 Å². The van der Waals surface area contributed by atoms with E-state index in [0.29, 0.717) is 12.6 Å². The number of nitrogens with zero attached hydrogens (tertiary/aromatic N) is 1. The van der Waals surface area contributed by atoms with Gasteiger partial charge in [-0.05, 0) is 37.3 Å². The van der Waals surface area contributed by atoms with Crippen molar-refractivity contribution in [1.82, 2.24) is 4.90 Å². The standard InChI is InChI=1S/C16H24N2O2S/c1-20-15-6-4-3-5-12(15)11-18(13-7-8-13)16(19)14(17)9-10-21-2/h3-6,13-14H,7-11,17H2,1-2H3/t14-/m1/s1. The largest absolute Gasteiger partial charge is 0.496 e. The van der Waals surface area contributed by atoms with Gasteiger partial charge in [0.05, 0.1) is 13.2 Å². The third-order valence-electron chi connectivity index (χ3n) is 3.75. The molecule has 1 aromatic rings. The van der Waals surface area contributed by atoms with Gasteiger partial charge in [0.15, 0.2) is 0 Å². The van der Waals surface area contributed by atoms with E-state index in [2.05, 4.69) is 0 Å². The average molecular weight is 308 g/mol. The van der Waals surface area contributed by atoms with Gasteiger partial charge in [-0.15, -0.1) is 0 Å². The number of benzene rings is 1. The predicted octanol–water partition coefficient (Wildman–Crippen LogP) is 2.27. The Labute approximate surface area is 131 Å². The zero-order chi connectivity index (χ0) is 15.2. The van der Waals surface area contributed by atoms with Crippen LogP contribution in [0.15, 0.2) is 24.3 Å². The summed E-state index contributed by atoms with van der Waals surface area (Å²) in [6, 6.07) is 7.81. The maximum Gasteiger partial charge on any atom is 0.240 e. The Hall–Kier alpha value is -1.20. The minimum absolute atomic E-state index is 0.0671. The van der Waals surface area contributed by atoms with E-state index < -0.39 is 6.04 Å². The van der Waals surface area contributed by atoms with Crippen LogP contribution < -0.4 is 10.5 Å². The number of carbonyl (C=O) groups is 1. The topological polar surface area (TPSA) is 55.6 Å². The lowest BCUT2D eigenvalue weighted by Gasteiger charge is -2.26. The Morgan fingerprint density at radius 2 is 2.19 bits per heavy atom. The molecule has 0 unspecified atom stereocenters. The van der Waals surface area contributed by atoms with Gasteiger partial charge in [-0.3, -0.25) is 4.79 Å². The van der Waals surface area contributed by atoms with Crippen LogP contribution in [0.3, 0.4) is 0 Å². The van der Waals surface area contributed by atoms with Crippen LogP contribution in [0.4, 0.5) is 0 Å². The average Bonchev–Trinajstić information content (AvgIpc) is 3.34. The molecular formula is C16H24N2O2S. The molecule has 1 fully saturated rings. The van der Waals surface area contributed by atoms with Crippen LogP contribution in [0.2, 0.25) is 0 Å². The molecule has 4 nitrogen and oxygen atoms in total. The number of carbonyl (C=O) groups excluding carboxylic acids is 1. The zero-order valence-electron chi connectivity index (χ0n) is 12.7. The fourth-order valence-corrected chi connectivity index (χ4v) is 2.86. The number of ether oxygens (including phenoxy) is 1. The first-order chi connectivity index (χ1) is 10.2. The lowest BCUT2D eigenvalue weighted by atomic mass is 10.1. The SMILES string of the molecule is COc1ccccc1CN(C(=O)[C@H](N)CCSC)C1CC1. The maximum atomic E-state index is 12.6. The van der Waals surface area contributed by atoms with Crippen molar-refractivity contribution in [1.29, 1.82) is 0 Å². The molecule has 1 aliphatic rings. The third kappa shape index (κ3) is 4.38. The zero-order valence-corrected chi connectivity index (χ0v) is 13.6. The van der Waals surface area contributed by atoms with E-state index in [9.17, 15) is 4.79 Å². The van der Waals surface area contributed by atoms with Gasteiger partial charge >= 0.3 is 0 Å². The molecule has 1 aliphatic carbocycles. The predicted molar refractivity (Wildman–Crippen MR) is 87.5 cm³/mol. The van der Waals surface area contributed by atoms with Gasteiger partial charge in [0.25, 0.3) is 0 Å². The molecule has 0 saturated heterocycles. The number of thioether (sulfide) groups is 1. The summed E-state index contributed by atoms with van der Waals surface area (Å²) < 4.78 is 5.38. The second-order valence-corrected chi connectivity index (χ2v) is 6.38. The molecule has 0 aliphatic heterocycles. The summed E-state index contributed by atoms with van der Waals surface area (Å²) in [5.41, 5.74) is 7.10. The molecule has 0 heterocycles. The summed E-state index contributed by atoms with van der Waals surface area (Å²) in [5, 5.41) is 0. The van der Waals surface area contributed by atoms with Crippen molar-refractivity contribution in [2.24, 2.45) is 5.73 Å². The number of hydrogen-bond donors (Lipinski definition) is 1. The van der Waals surface area contributed by atoms with Gasteiger partial charge in [-0.1, -0.05) is 18.2 Å². The van der Waals surface area contributed by atoms with Gasteiger partial charge in [0.2, 0.25) is 5.91 Å². The molecule has 0 bridgehead atoms. The minimum Gasteiger partial charge on any atom is -0.496 e. The summed E-state index contributed by atoms with van der Waals surface area (Å²) in [7, 11) is 1.66. The van der Waals surface area contributed by atoms with Crippen LogP contribution in [0.5, 0.6) is 5.75 Å². The van der Waals surface area contributed by atoms with Crippen LogP contribution in [0.1, 0.15) is 24.8 Å². The fraction of sp³-hybridized carbons (Fsp3) is 0.562. The number of nitrogens with two attached hydrogens (primary N) is 1. The molecule has 0 radical (unpaired) electrons. The van der Waals surface area contributed by atoms with E-state index in [0.717, 1.165) is 36.3 Å². The fourth-order valence-electron chi connectivity index (χ4n) is 2.37. The van der Waals surface area contributed by atoms with Crippen molar-refractivity contribution >= 4 is 17.7 Å². The lowest BCUT2D eigenvalue weighted by molar-refractivity contribution is -0.133. The normalized spacial score (nSPS) is 15.6. The van der Waals surface area contributed by atoms with Crippen LogP contribution in [-0.4, -0.2) is 42.0 Å². The molecule has 1 amide bonds. The summed E-state index contributed by atoms with van der Waals surface area (Å²) in [6.45, 7) is 0.584. The number of methoxy groups -OCH3 is 1. The lowest BCUT2D eigenvalue weighted by Crippen LogP contribution is -2.44. The van der Waals surface area contributed by atoms with Gasteiger partial charge in [0.1, 0.15) is 5.75 Å². The molecule has 2 N–H and O–H groups in total. The molecule has 0 spiro atoms. The molecule has 1 atom stereocenters. The van der Waals surface area contributed by atoms with Gasteiger partial charge < -0.3 is 15.4 Å². The van der Waals surface area contributed by atoms with Gasteiger partial charge in [0, 0.05) is 18.2 Å². The Bertz CT molecular complexity index is 477. The molecule has 5 heteroatoms. The molecule has 0 aromatic heterocycles. The molecule has 21 heavy (non-hydrogen) atoms. The summed E-state index contributed by atoms with van der Waals surface area (Å²) in [4.78, 5) is 14.5. The van der Waals surface area contributed by atoms with Crippen LogP contribution in [0, 0.1) is 0 Å². The molecule has 1 saturated carbocycles. The maximum absolute atomic E-state index is 12.6. The highest BCUT2D eigenvalue weighted by molar-refractivity contribution is 7.98. The third-order valence-corrected chi connectivity index (χ3v) is 4.40. The highest BCUT2D eigenvalue weighted by atomic mass is 32.2. The Morgan fingerprint density at radius 3 is 2.81 bits per heavy atom. The highest BCUT2D eigenvalue weighted by Gasteiger charge is 2.34. The van der Waals surface area contributed by atoms with E-state index in [1.807, 2.05) is 35.4 Å². The molecular weight excluding hydrogens is 284 g/mol. The number of para-hydroxylation sites is 1. The van der Waals surface area contributed by atoms with Gasteiger partial charge in [-0.25, -0.2) is 0 Å². The van der Waals surface area contributed by atoms with Crippen molar-refractivity contribution in [2.75, 3.05) is 19.1 Å². The molecule has 116 valence electrons. The van der Waals surface area contributed by atoms with Crippen molar-refractivity contribution in [2.45, 2.75) is 37.9 Å². The Morgan fingerprint density at radius 1 is 1.48 bits per heavy atom. The van der Waals surface area contributed by atoms with Crippen LogP contribution in [0.25, 0.3) is 0 Å². The Kier molecular flexibility index (Phi) is 5.94. The number of rotatable bonds is 8. The number of hydrogen-bond acceptors (Lipinski definition) is 4. The highest BCUT2D eigenvalue weighted by Crippen LogP contribution is 2.31. The minimum atomic E-state index is -0.396. The van der Waals surface area contributed by atoms with E-state index in [4.69, 9.17) is 10.5 Å². The second-order valence-electron chi connectivity index (χ2n) is 5.40. The monoisotopic (exact) mass is 308 g/mol. The van der Waals surface area contributed by atoms with Crippen LogP contribution >= 0.6 is 11.8 Å². The van der Waals surface area contributed by atoms with Crippen molar-refractivity contribution in [3.63, 3.8) is 0 Å². The molecule has 1 aromatic carbocycles. The quantitative estimate of drug-likeness (QED) is 0.800. The summed E-state index contributed by atoms with van der Waals surface area (Å²) in [6.07, 6.45) is 4.92. The Balaban J connectivity index is 2.07. The van der Waals surface area contributed by atoms with E-state index in [-0.39, 0.29) is 5.91 Å². The number of amides is 1. The summed E-state index contributed by atoms with van der Waals surface area (Å²) in [5.74, 6) is 1.81. The molecule has 2 rings (SSSR count). The smallest absolute Gasteiger partial charge is 0.240 e. The van der Waals surface area contributed by atoms with Crippen LogP contribution in [-0.2, 0) is 11.3 Å². The first-order valence-electron chi connectivity index (χ1n) is 7.34. The van der Waals surface area contributed by atoms with E-state index in [1.165, 1.54) is 0 Å². The first kappa shape index (κ1) is 16.2. The second kappa shape index (κ2) is 7.71. The van der Waals surface area contributed by atoms with Crippen molar-refractivity contribution in [3.05, 3.63) is 29.8 Å². The van der Waals surface area contributed by atoms with E-state index in [1.54, 1.807) is 18.9 Å².